The number of esters is 1. The molecule has 0 fully saturated rings. The summed E-state index contributed by atoms with van der Waals surface area (Å²) in [5, 5.41) is 0. The molecule has 0 saturated carbocycles. The second-order valence-corrected chi connectivity index (χ2v) is 6.84. The number of amides is 1. The summed E-state index contributed by atoms with van der Waals surface area (Å²) in [4.78, 5) is 38.9. The minimum atomic E-state index is -0.584. The third-order valence-electron chi connectivity index (χ3n) is 5.15. The van der Waals surface area contributed by atoms with Gasteiger partial charge in [0.15, 0.2) is 5.78 Å². The Labute approximate surface area is 156 Å². The fraction of sp³-hybridized carbons (Fsp3) is 0.650. The van der Waals surface area contributed by atoms with Gasteiger partial charge in [-0.2, -0.15) is 0 Å². The minimum Gasteiger partial charge on any atom is -0.464 e. The van der Waals surface area contributed by atoms with Crippen molar-refractivity contribution in [3.8, 4) is 0 Å². The fourth-order valence-electron chi connectivity index (χ4n) is 3.21. The van der Waals surface area contributed by atoms with Crippen molar-refractivity contribution in [1.29, 1.82) is 0 Å². The molecule has 6 nitrogen and oxygen atoms in total. The van der Waals surface area contributed by atoms with Crippen LogP contribution in [-0.4, -0.2) is 47.3 Å². The Morgan fingerprint density at radius 3 is 2.31 bits per heavy atom. The number of hydrogen-bond donors (Lipinski definition) is 0. The number of likely N-dealkylation sites (N-methyl/N-ethyl adjacent to an activating group) is 1. The molecule has 1 rings (SSSR count). The largest absolute Gasteiger partial charge is 0.464 e. The van der Waals surface area contributed by atoms with Crippen LogP contribution >= 0.6 is 0 Å². The Morgan fingerprint density at radius 2 is 1.77 bits per heavy atom. The second-order valence-electron chi connectivity index (χ2n) is 6.84. The van der Waals surface area contributed by atoms with Crippen LogP contribution in [0.1, 0.15) is 78.1 Å². The predicted octanol–water partition coefficient (Wildman–Crippen LogP) is 3.43. The van der Waals surface area contributed by atoms with Crippen LogP contribution < -0.4 is 0 Å². The molecule has 0 radical (unpaired) electrons. The summed E-state index contributed by atoms with van der Waals surface area (Å²) >= 11 is 0. The zero-order chi connectivity index (χ0) is 20.0. The van der Waals surface area contributed by atoms with Gasteiger partial charge in [-0.05, 0) is 32.8 Å². The SMILES string of the molecule is CCCCCCC(=O)N(C)C(C)C(=O)c1c(C)c(C(=O)OC)n(C)c1C. The number of ketones is 1. The lowest BCUT2D eigenvalue weighted by atomic mass is 10.00. The van der Waals surface area contributed by atoms with Crippen LogP contribution in [-0.2, 0) is 16.6 Å². The molecule has 0 saturated heterocycles. The molecular formula is C20H32N2O4. The van der Waals surface area contributed by atoms with E-state index in [0.29, 0.717) is 28.9 Å². The molecule has 0 bridgehead atoms. The van der Waals surface area contributed by atoms with E-state index >= 15 is 0 Å². The Hall–Kier alpha value is -2.11. The van der Waals surface area contributed by atoms with Gasteiger partial charge < -0.3 is 14.2 Å². The third-order valence-corrected chi connectivity index (χ3v) is 5.15. The maximum atomic E-state index is 13.0. The molecule has 1 unspecified atom stereocenters. The van der Waals surface area contributed by atoms with E-state index < -0.39 is 12.0 Å². The maximum Gasteiger partial charge on any atom is 0.354 e. The van der Waals surface area contributed by atoms with Gasteiger partial charge in [-0.25, -0.2) is 4.79 Å². The minimum absolute atomic E-state index is 0.0265. The molecule has 0 aromatic carbocycles. The van der Waals surface area contributed by atoms with Crippen molar-refractivity contribution in [1.82, 2.24) is 9.47 Å². The highest BCUT2D eigenvalue weighted by Crippen LogP contribution is 2.24. The molecule has 1 aromatic heterocycles. The Kier molecular flexibility index (Phi) is 8.06. The van der Waals surface area contributed by atoms with Gasteiger partial charge in [-0.1, -0.05) is 26.2 Å². The standard InChI is InChI=1S/C20H32N2O4/c1-8-9-10-11-12-16(23)21(5)15(4)19(24)17-13(2)18(20(25)26-7)22(6)14(17)3/h15H,8-12H2,1-7H3. The molecular weight excluding hydrogens is 332 g/mol. The molecule has 26 heavy (non-hydrogen) atoms. The van der Waals surface area contributed by atoms with Gasteiger partial charge >= 0.3 is 5.97 Å². The van der Waals surface area contributed by atoms with E-state index in [2.05, 4.69) is 6.92 Å². The molecule has 0 aliphatic rings. The van der Waals surface area contributed by atoms with Crippen molar-refractivity contribution in [2.45, 2.75) is 65.8 Å². The van der Waals surface area contributed by atoms with Crippen LogP contribution in [0.25, 0.3) is 0 Å². The van der Waals surface area contributed by atoms with Gasteiger partial charge in [0.2, 0.25) is 5.91 Å². The molecule has 0 aliphatic carbocycles. The number of carbonyl (C=O) groups excluding carboxylic acids is 3. The molecule has 1 heterocycles. The first kappa shape index (κ1) is 21.9. The lowest BCUT2D eigenvalue weighted by molar-refractivity contribution is -0.131. The van der Waals surface area contributed by atoms with E-state index in [0.717, 1.165) is 25.7 Å². The van der Waals surface area contributed by atoms with Crippen molar-refractivity contribution in [2.75, 3.05) is 14.2 Å². The average Bonchev–Trinajstić information content (AvgIpc) is 2.85. The summed E-state index contributed by atoms with van der Waals surface area (Å²) < 4.78 is 6.49. The van der Waals surface area contributed by atoms with Gasteiger partial charge in [0, 0.05) is 31.8 Å². The van der Waals surface area contributed by atoms with Crippen LogP contribution in [0.3, 0.4) is 0 Å². The summed E-state index contributed by atoms with van der Waals surface area (Å²) in [6, 6.07) is -0.584. The summed E-state index contributed by atoms with van der Waals surface area (Å²) in [5.74, 6) is -0.656. The van der Waals surface area contributed by atoms with Crippen molar-refractivity contribution >= 4 is 17.7 Å². The molecule has 0 spiro atoms. The van der Waals surface area contributed by atoms with Gasteiger partial charge in [0.1, 0.15) is 5.69 Å². The number of unbranched alkanes of at least 4 members (excludes halogenated alkanes) is 3. The van der Waals surface area contributed by atoms with Crippen molar-refractivity contribution in [2.24, 2.45) is 7.05 Å². The zero-order valence-electron chi connectivity index (χ0n) is 17.1. The summed E-state index contributed by atoms with van der Waals surface area (Å²) in [5.41, 5.74) is 2.15. The summed E-state index contributed by atoms with van der Waals surface area (Å²) in [6.07, 6.45) is 4.55. The number of ether oxygens (including phenoxy) is 1. The maximum absolute atomic E-state index is 13.0. The normalized spacial score (nSPS) is 12.0. The molecule has 0 aliphatic heterocycles. The monoisotopic (exact) mass is 364 g/mol. The number of Topliss-reactive ketones (excluding diaryl/α,β-unsaturated/α-hetero) is 1. The van der Waals surface area contributed by atoms with Crippen molar-refractivity contribution in [3.63, 3.8) is 0 Å². The van der Waals surface area contributed by atoms with E-state index in [4.69, 9.17) is 4.74 Å². The quantitative estimate of drug-likeness (QED) is 0.382. The topological polar surface area (TPSA) is 68.6 Å². The van der Waals surface area contributed by atoms with Crippen LogP contribution in [0.15, 0.2) is 0 Å². The van der Waals surface area contributed by atoms with Gasteiger partial charge in [-0.3, -0.25) is 9.59 Å². The highest BCUT2D eigenvalue weighted by molar-refractivity contribution is 6.06. The van der Waals surface area contributed by atoms with Crippen LogP contribution in [0.5, 0.6) is 0 Å². The summed E-state index contributed by atoms with van der Waals surface area (Å²) in [6.45, 7) is 7.40. The second kappa shape index (κ2) is 9.55. The number of nitrogens with zero attached hydrogens (tertiary/aromatic N) is 2. The number of methoxy groups -OCH3 is 1. The molecule has 146 valence electrons. The van der Waals surface area contributed by atoms with E-state index in [1.807, 2.05) is 0 Å². The fourth-order valence-corrected chi connectivity index (χ4v) is 3.21. The Morgan fingerprint density at radius 1 is 1.15 bits per heavy atom. The zero-order valence-corrected chi connectivity index (χ0v) is 17.1. The highest BCUT2D eigenvalue weighted by Gasteiger charge is 2.30. The number of carbonyl (C=O) groups is 3. The summed E-state index contributed by atoms with van der Waals surface area (Å²) in [7, 11) is 4.72. The van der Waals surface area contributed by atoms with E-state index in [1.54, 1.807) is 39.4 Å². The van der Waals surface area contributed by atoms with Gasteiger partial charge in [-0.15, -0.1) is 0 Å². The molecule has 6 heteroatoms. The first-order valence-electron chi connectivity index (χ1n) is 9.22. The smallest absolute Gasteiger partial charge is 0.354 e. The average molecular weight is 364 g/mol. The van der Waals surface area contributed by atoms with E-state index in [-0.39, 0.29) is 11.7 Å². The Bertz CT molecular complexity index is 676. The highest BCUT2D eigenvalue weighted by atomic mass is 16.5. The first-order chi connectivity index (χ1) is 12.2. The van der Waals surface area contributed by atoms with Crippen molar-refractivity contribution < 1.29 is 19.1 Å². The van der Waals surface area contributed by atoms with Gasteiger partial charge in [0.05, 0.1) is 13.2 Å². The van der Waals surface area contributed by atoms with Crippen molar-refractivity contribution in [3.05, 3.63) is 22.5 Å². The number of hydrogen-bond acceptors (Lipinski definition) is 4. The van der Waals surface area contributed by atoms with Crippen LogP contribution in [0.2, 0.25) is 0 Å². The molecule has 1 amide bonds. The Balaban J connectivity index is 2.98. The first-order valence-corrected chi connectivity index (χ1v) is 9.22. The van der Waals surface area contributed by atoms with E-state index in [9.17, 15) is 14.4 Å². The predicted molar refractivity (Wildman–Crippen MR) is 102 cm³/mol. The molecule has 1 aromatic rings. The number of rotatable bonds is 9. The third kappa shape index (κ3) is 4.54. The van der Waals surface area contributed by atoms with Crippen LogP contribution in [0, 0.1) is 13.8 Å². The van der Waals surface area contributed by atoms with E-state index in [1.165, 1.54) is 12.0 Å². The van der Waals surface area contributed by atoms with Crippen LogP contribution in [0.4, 0.5) is 0 Å². The lowest BCUT2D eigenvalue weighted by Gasteiger charge is -2.24. The molecule has 1 atom stereocenters. The number of aromatic nitrogens is 1. The van der Waals surface area contributed by atoms with Gasteiger partial charge in [0.25, 0.3) is 0 Å². The lowest BCUT2D eigenvalue weighted by Crippen LogP contribution is -2.40. The molecule has 0 N–H and O–H groups in total.